The first-order valence-electron chi connectivity index (χ1n) is 9.92. The highest BCUT2D eigenvalue weighted by Gasteiger charge is 2.82. The Bertz CT molecular complexity index is 520. The van der Waals surface area contributed by atoms with Gasteiger partial charge in [-0.1, -0.05) is 39.8 Å². The molecule has 1 saturated carbocycles. The van der Waals surface area contributed by atoms with E-state index in [0.29, 0.717) is 26.1 Å². The van der Waals surface area contributed by atoms with E-state index < -0.39 is 10.8 Å². The summed E-state index contributed by atoms with van der Waals surface area (Å²) in [6.45, 7) is 12.6. The summed E-state index contributed by atoms with van der Waals surface area (Å²) in [4.78, 5) is 26.9. The van der Waals surface area contributed by atoms with Gasteiger partial charge in [-0.15, -0.1) is 0 Å². The topological polar surface area (TPSA) is 52.6 Å². The lowest BCUT2D eigenvalue weighted by Crippen LogP contribution is -2.61. The minimum absolute atomic E-state index is 0.228. The highest BCUT2D eigenvalue weighted by molar-refractivity contribution is 5.92. The van der Waals surface area contributed by atoms with Crippen LogP contribution in [0.1, 0.15) is 73.6 Å². The monoisotopic (exact) mass is 350 g/mol. The molecule has 0 aliphatic heterocycles. The van der Waals surface area contributed by atoms with Gasteiger partial charge in [0.05, 0.1) is 24.0 Å². The van der Waals surface area contributed by atoms with Crippen molar-refractivity contribution in [3.05, 3.63) is 12.2 Å². The molecule has 4 nitrogen and oxygen atoms in total. The first kappa shape index (κ1) is 20.0. The van der Waals surface area contributed by atoms with E-state index in [9.17, 15) is 9.59 Å². The Morgan fingerprint density at radius 3 is 1.32 bits per heavy atom. The average Bonchev–Trinajstić information content (AvgIpc) is 3.11. The van der Waals surface area contributed by atoms with Crippen molar-refractivity contribution in [1.82, 2.24) is 0 Å². The van der Waals surface area contributed by atoms with Crippen LogP contribution in [0.2, 0.25) is 0 Å². The molecule has 0 saturated heterocycles. The Morgan fingerprint density at radius 2 is 1.08 bits per heavy atom. The summed E-state index contributed by atoms with van der Waals surface area (Å²) < 4.78 is 11.2. The van der Waals surface area contributed by atoms with Crippen LogP contribution in [-0.4, -0.2) is 25.2 Å². The zero-order chi connectivity index (χ0) is 18.9. The highest BCUT2D eigenvalue weighted by atomic mass is 16.5. The number of ether oxygens (including phenoxy) is 2. The number of carbonyl (C=O) groups excluding carboxylic acids is 2. The number of fused-ring (bicyclic) bond motifs is 2. The van der Waals surface area contributed by atoms with Gasteiger partial charge in [-0.05, 0) is 46.0 Å². The smallest absolute Gasteiger partial charge is 0.314 e. The Morgan fingerprint density at radius 1 is 0.720 bits per heavy atom. The van der Waals surface area contributed by atoms with Crippen molar-refractivity contribution in [2.75, 3.05) is 13.2 Å². The summed E-state index contributed by atoms with van der Waals surface area (Å²) in [5, 5.41) is 0. The first-order valence-corrected chi connectivity index (χ1v) is 9.92. The number of carbonyl (C=O) groups is 2. The fourth-order valence-electron chi connectivity index (χ4n) is 6.39. The maximum Gasteiger partial charge on any atom is 0.314 e. The van der Waals surface area contributed by atoms with Gasteiger partial charge in [-0.25, -0.2) is 0 Å². The Kier molecular flexibility index (Phi) is 5.42. The van der Waals surface area contributed by atoms with E-state index >= 15 is 0 Å². The summed E-state index contributed by atoms with van der Waals surface area (Å²) in [6, 6.07) is 0. The molecular formula is C21H34O4. The van der Waals surface area contributed by atoms with Crippen LogP contribution in [0.4, 0.5) is 0 Å². The van der Waals surface area contributed by atoms with Gasteiger partial charge < -0.3 is 9.47 Å². The number of esters is 2. The van der Waals surface area contributed by atoms with Gasteiger partial charge in [0.15, 0.2) is 0 Å². The average molecular weight is 350 g/mol. The lowest BCUT2D eigenvalue weighted by atomic mass is 9.47. The second-order valence-corrected chi connectivity index (χ2v) is 7.49. The SMILES string of the molecule is CCOC(=O)C1(CC)C2(CC)C=CC(CC)(C2)C1(CC)C(=O)OCC. The molecule has 2 rings (SSSR count). The molecule has 0 N–H and O–H groups in total. The molecular weight excluding hydrogens is 316 g/mol. The minimum Gasteiger partial charge on any atom is -0.466 e. The number of hydrogen-bond acceptors (Lipinski definition) is 4. The van der Waals surface area contributed by atoms with E-state index in [1.165, 1.54) is 0 Å². The second-order valence-electron chi connectivity index (χ2n) is 7.49. The Balaban J connectivity index is 2.84. The van der Waals surface area contributed by atoms with E-state index in [1.807, 2.05) is 27.7 Å². The maximum atomic E-state index is 13.4. The van der Waals surface area contributed by atoms with Gasteiger partial charge in [0.25, 0.3) is 0 Å². The molecule has 0 aromatic heterocycles. The normalized spacial score (nSPS) is 38.8. The zero-order valence-electron chi connectivity index (χ0n) is 16.7. The van der Waals surface area contributed by atoms with Crippen molar-refractivity contribution >= 4 is 11.9 Å². The lowest BCUT2D eigenvalue weighted by molar-refractivity contribution is -0.195. The van der Waals surface area contributed by atoms with Crippen LogP contribution in [0, 0.1) is 21.7 Å². The number of hydrogen-bond donors (Lipinski definition) is 0. The summed E-state index contributed by atoms with van der Waals surface area (Å²) in [5.41, 5.74) is -2.41. The van der Waals surface area contributed by atoms with E-state index in [-0.39, 0.29) is 22.8 Å². The molecule has 1 fully saturated rings. The largest absolute Gasteiger partial charge is 0.466 e. The number of rotatable bonds is 8. The second kappa shape index (κ2) is 6.77. The van der Waals surface area contributed by atoms with Crippen molar-refractivity contribution in [3.63, 3.8) is 0 Å². The van der Waals surface area contributed by atoms with E-state index in [0.717, 1.165) is 19.3 Å². The predicted octanol–water partition coefficient (Wildman–Crippen LogP) is 4.67. The van der Waals surface area contributed by atoms with Crippen LogP contribution in [0.3, 0.4) is 0 Å². The summed E-state index contributed by atoms with van der Waals surface area (Å²) in [5.74, 6) is -0.456. The van der Waals surface area contributed by atoms with Crippen molar-refractivity contribution < 1.29 is 19.1 Å². The molecule has 0 amide bonds. The summed E-state index contributed by atoms with van der Waals surface area (Å²) >= 11 is 0. The lowest BCUT2D eigenvalue weighted by Gasteiger charge is -2.54. The third-order valence-electron chi connectivity index (χ3n) is 7.35. The maximum absolute atomic E-state index is 13.4. The molecule has 2 bridgehead atoms. The standard InChI is InChI=1S/C21H34O4/c1-7-18-13-14-19(8-2,15-18)21(10-4,17(23)25-12-6)20(18,9-3)16(22)24-11-5/h13-14H,7-12,15H2,1-6H3. The molecule has 0 heterocycles. The fourth-order valence-corrected chi connectivity index (χ4v) is 6.39. The molecule has 0 radical (unpaired) electrons. The van der Waals surface area contributed by atoms with Gasteiger partial charge in [-0.2, -0.15) is 0 Å². The molecule has 25 heavy (non-hydrogen) atoms. The molecule has 0 aromatic carbocycles. The van der Waals surface area contributed by atoms with Crippen LogP contribution >= 0.6 is 0 Å². The minimum atomic E-state index is -0.865. The fraction of sp³-hybridized carbons (Fsp3) is 0.810. The molecule has 142 valence electrons. The van der Waals surface area contributed by atoms with Gasteiger partial charge in [-0.3, -0.25) is 9.59 Å². The summed E-state index contributed by atoms with van der Waals surface area (Å²) in [6.07, 6.45) is 8.05. The number of allylic oxidation sites excluding steroid dienone is 2. The molecule has 0 aromatic rings. The molecule has 4 atom stereocenters. The van der Waals surface area contributed by atoms with Crippen molar-refractivity contribution in [3.8, 4) is 0 Å². The first-order chi connectivity index (χ1) is 11.9. The van der Waals surface area contributed by atoms with Crippen molar-refractivity contribution in [2.45, 2.75) is 73.6 Å². The third-order valence-corrected chi connectivity index (χ3v) is 7.35. The van der Waals surface area contributed by atoms with Gasteiger partial charge in [0, 0.05) is 10.8 Å². The van der Waals surface area contributed by atoms with E-state index in [4.69, 9.17) is 9.47 Å². The van der Waals surface area contributed by atoms with Crippen LogP contribution in [0.25, 0.3) is 0 Å². The van der Waals surface area contributed by atoms with Crippen LogP contribution < -0.4 is 0 Å². The molecule has 2 aliphatic carbocycles. The molecule has 4 unspecified atom stereocenters. The van der Waals surface area contributed by atoms with Gasteiger partial charge >= 0.3 is 11.9 Å². The Hall–Kier alpha value is -1.32. The summed E-state index contributed by atoms with van der Waals surface area (Å²) in [7, 11) is 0. The van der Waals surface area contributed by atoms with Gasteiger partial charge in [0.1, 0.15) is 0 Å². The third kappa shape index (κ3) is 2.06. The quantitative estimate of drug-likeness (QED) is 0.471. The predicted molar refractivity (Wildman–Crippen MR) is 97.9 cm³/mol. The Labute approximate surface area is 152 Å². The van der Waals surface area contributed by atoms with Crippen molar-refractivity contribution in [2.24, 2.45) is 21.7 Å². The van der Waals surface area contributed by atoms with E-state index in [1.54, 1.807) is 0 Å². The molecule has 0 spiro atoms. The highest BCUT2D eigenvalue weighted by Crippen LogP contribution is 2.80. The van der Waals surface area contributed by atoms with Crippen LogP contribution in [-0.2, 0) is 19.1 Å². The van der Waals surface area contributed by atoms with Gasteiger partial charge in [0.2, 0.25) is 0 Å². The van der Waals surface area contributed by atoms with Crippen molar-refractivity contribution in [1.29, 1.82) is 0 Å². The molecule has 4 heteroatoms. The van der Waals surface area contributed by atoms with E-state index in [2.05, 4.69) is 26.0 Å². The van der Waals surface area contributed by atoms with Crippen LogP contribution in [0.5, 0.6) is 0 Å². The molecule has 2 aliphatic rings. The zero-order valence-corrected chi connectivity index (χ0v) is 16.7. The van der Waals surface area contributed by atoms with Crippen LogP contribution in [0.15, 0.2) is 12.2 Å².